The van der Waals surface area contributed by atoms with Gasteiger partial charge < -0.3 is 15.2 Å². The van der Waals surface area contributed by atoms with E-state index in [9.17, 15) is 9.90 Å². The summed E-state index contributed by atoms with van der Waals surface area (Å²) >= 11 is 7.43. The van der Waals surface area contributed by atoms with Crippen molar-refractivity contribution in [1.82, 2.24) is 25.3 Å². The van der Waals surface area contributed by atoms with Crippen LogP contribution < -0.4 is 14.8 Å². The second-order valence-corrected chi connectivity index (χ2v) is 12.8. The average Bonchev–Trinajstić information content (AvgIpc) is 2.94. The molecule has 2 aromatic heterocycles. The van der Waals surface area contributed by atoms with E-state index in [0.717, 1.165) is 39.4 Å². The molecule has 0 radical (unpaired) electrons. The third-order valence-electron chi connectivity index (χ3n) is 6.59. The van der Waals surface area contributed by atoms with Crippen LogP contribution in [0.25, 0.3) is 11.3 Å². The van der Waals surface area contributed by atoms with Crippen molar-refractivity contribution in [2.75, 3.05) is 11.3 Å². The minimum Gasteiger partial charge on any atom is -0.478 e. The first-order valence-corrected chi connectivity index (χ1v) is 15.1. The molecule has 0 saturated carbocycles. The van der Waals surface area contributed by atoms with Crippen LogP contribution in [0, 0.1) is 26.2 Å². The first-order valence-electron chi connectivity index (χ1n) is 13.9. The highest BCUT2D eigenvalue weighted by atomic mass is 35.5. The molecule has 43 heavy (non-hydrogen) atoms. The van der Waals surface area contributed by atoms with Gasteiger partial charge in [0, 0.05) is 29.1 Å². The number of nitrogens with zero attached hydrogens (tertiary/aromatic N) is 4. The van der Waals surface area contributed by atoms with Crippen molar-refractivity contribution in [3.63, 3.8) is 0 Å². The van der Waals surface area contributed by atoms with Crippen molar-refractivity contribution in [2.45, 2.75) is 65.4 Å². The summed E-state index contributed by atoms with van der Waals surface area (Å²) in [5.74, 6) is -0.206. The number of aromatic carboxylic acids is 1. The highest BCUT2D eigenvalue weighted by Crippen LogP contribution is 2.30. The van der Waals surface area contributed by atoms with Gasteiger partial charge in [-0.25, -0.2) is 14.8 Å². The van der Waals surface area contributed by atoms with Crippen molar-refractivity contribution in [2.24, 2.45) is 5.41 Å². The van der Waals surface area contributed by atoms with E-state index in [4.69, 9.17) is 21.3 Å². The van der Waals surface area contributed by atoms with Crippen LogP contribution in [-0.4, -0.2) is 43.7 Å². The fourth-order valence-electron chi connectivity index (χ4n) is 4.60. The third kappa shape index (κ3) is 9.38. The molecule has 226 valence electrons. The van der Waals surface area contributed by atoms with Gasteiger partial charge in [-0.3, -0.25) is 9.71 Å². The first kappa shape index (κ1) is 32.2. The normalized spacial score (nSPS) is 12.2. The van der Waals surface area contributed by atoms with E-state index in [0.29, 0.717) is 35.8 Å². The number of carbonyl (C=O) groups is 1. The predicted molar refractivity (Wildman–Crippen MR) is 172 cm³/mol. The Kier molecular flexibility index (Phi) is 10.6. The van der Waals surface area contributed by atoms with Crippen molar-refractivity contribution < 1.29 is 14.6 Å². The van der Waals surface area contributed by atoms with E-state index < -0.39 is 5.97 Å². The lowest BCUT2D eigenvalue weighted by Crippen LogP contribution is -2.37. The summed E-state index contributed by atoms with van der Waals surface area (Å²) in [4.78, 5) is 30.3. The Morgan fingerprint density at radius 2 is 1.77 bits per heavy atom. The molecule has 0 amide bonds. The number of aromatic nitrogens is 4. The van der Waals surface area contributed by atoms with E-state index in [1.54, 1.807) is 24.4 Å². The Morgan fingerprint density at radius 3 is 2.44 bits per heavy atom. The molecule has 3 N–H and O–H groups in total. The average molecular weight is 621 g/mol. The standard InChI is InChI=1S/C32H37ClN6O3S/c1-19-9-7-10-20(2)28(19)26-14-27(38-31(37-26)39-43-25-12-8-11-22(13-25)30(40)41)42-18-23(15-32(4,5)6)35-17-24-16-34-21(3)29(33)36-24/h7-14,16,23,35H,15,17-18H2,1-6H3,(H,40,41)(H,37,38,39). The quantitative estimate of drug-likeness (QED) is 0.139. The van der Waals surface area contributed by atoms with Gasteiger partial charge in [0.25, 0.3) is 0 Å². The van der Waals surface area contributed by atoms with Gasteiger partial charge in [0.2, 0.25) is 11.8 Å². The zero-order chi connectivity index (χ0) is 31.1. The monoisotopic (exact) mass is 620 g/mol. The Hall–Kier alpha value is -3.73. The molecule has 9 nitrogen and oxygen atoms in total. The number of hydrogen-bond acceptors (Lipinski definition) is 9. The number of ether oxygens (including phenoxy) is 1. The minimum atomic E-state index is -0.984. The summed E-state index contributed by atoms with van der Waals surface area (Å²) in [6.45, 7) is 13.3. The number of halogens is 1. The molecular weight excluding hydrogens is 584 g/mol. The van der Waals surface area contributed by atoms with Crippen LogP contribution in [0.1, 0.15) is 60.1 Å². The number of hydrogen-bond donors (Lipinski definition) is 3. The third-order valence-corrected chi connectivity index (χ3v) is 7.72. The molecule has 11 heteroatoms. The second-order valence-electron chi connectivity index (χ2n) is 11.6. The highest BCUT2D eigenvalue weighted by molar-refractivity contribution is 8.00. The van der Waals surface area contributed by atoms with Gasteiger partial charge in [-0.1, -0.05) is 56.6 Å². The zero-order valence-electron chi connectivity index (χ0n) is 25.2. The predicted octanol–water partition coefficient (Wildman–Crippen LogP) is 7.30. The lowest BCUT2D eigenvalue weighted by atomic mass is 9.88. The van der Waals surface area contributed by atoms with Crippen LogP contribution in [0.3, 0.4) is 0 Å². The van der Waals surface area contributed by atoms with Gasteiger partial charge in [0.15, 0.2) is 5.15 Å². The zero-order valence-corrected chi connectivity index (χ0v) is 26.8. The summed E-state index contributed by atoms with van der Waals surface area (Å²) in [5.41, 5.74) is 5.61. The molecule has 1 unspecified atom stereocenters. The molecule has 0 aliphatic heterocycles. The van der Waals surface area contributed by atoms with Crippen molar-refractivity contribution in [3.05, 3.63) is 88.0 Å². The molecule has 0 fully saturated rings. The summed E-state index contributed by atoms with van der Waals surface area (Å²) in [6, 6.07) is 14.6. The van der Waals surface area contributed by atoms with Gasteiger partial charge in [-0.05, 0) is 73.9 Å². The molecule has 0 spiro atoms. The number of carboxylic acid groups (broad SMARTS) is 1. The van der Waals surface area contributed by atoms with Crippen LogP contribution in [0.15, 0.2) is 59.6 Å². The Balaban J connectivity index is 1.58. The van der Waals surface area contributed by atoms with Crippen LogP contribution >= 0.6 is 23.5 Å². The topological polar surface area (TPSA) is 122 Å². The Labute approximate surface area is 262 Å². The molecule has 0 aliphatic carbocycles. The SMILES string of the molecule is Cc1cccc(C)c1-c1cc(OCC(CC(C)(C)C)NCc2cnc(C)c(Cl)n2)nc(NSc2cccc(C(=O)O)c2)n1. The van der Waals surface area contributed by atoms with Crippen molar-refractivity contribution in [1.29, 1.82) is 0 Å². The number of benzene rings is 2. The van der Waals surface area contributed by atoms with Crippen LogP contribution in [-0.2, 0) is 6.54 Å². The molecular formula is C32H37ClN6O3S. The summed E-state index contributed by atoms with van der Waals surface area (Å²) in [6.07, 6.45) is 2.57. The molecule has 2 aromatic carbocycles. The summed E-state index contributed by atoms with van der Waals surface area (Å²) < 4.78 is 9.50. The van der Waals surface area contributed by atoms with Crippen LogP contribution in [0.4, 0.5) is 5.95 Å². The fraction of sp³-hybridized carbons (Fsp3) is 0.344. The number of aryl methyl sites for hydroxylation is 3. The van der Waals surface area contributed by atoms with E-state index in [1.807, 2.05) is 51.1 Å². The van der Waals surface area contributed by atoms with Crippen molar-refractivity contribution >= 4 is 35.5 Å². The van der Waals surface area contributed by atoms with E-state index in [2.05, 4.69) is 45.8 Å². The van der Waals surface area contributed by atoms with Crippen molar-refractivity contribution in [3.8, 4) is 17.1 Å². The van der Waals surface area contributed by atoms with Gasteiger partial charge in [-0.15, -0.1) is 0 Å². The number of anilines is 1. The van der Waals surface area contributed by atoms with E-state index in [1.165, 1.54) is 11.9 Å². The maximum atomic E-state index is 11.4. The number of rotatable bonds is 12. The van der Waals surface area contributed by atoms with Gasteiger partial charge in [0.05, 0.1) is 28.8 Å². The van der Waals surface area contributed by atoms with E-state index in [-0.39, 0.29) is 17.0 Å². The summed E-state index contributed by atoms with van der Waals surface area (Å²) in [7, 11) is 0. The number of carboxylic acids is 1. The molecule has 4 aromatic rings. The maximum Gasteiger partial charge on any atom is 0.335 e. The van der Waals surface area contributed by atoms with Gasteiger partial charge in [-0.2, -0.15) is 4.98 Å². The summed E-state index contributed by atoms with van der Waals surface area (Å²) in [5, 5.41) is 13.3. The number of nitrogens with one attached hydrogen (secondary N) is 2. The molecule has 1 atom stereocenters. The van der Waals surface area contributed by atoms with Gasteiger partial charge in [0.1, 0.15) is 6.61 Å². The second kappa shape index (κ2) is 14.2. The lowest BCUT2D eigenvalue weighted by Gasteiger charge is -2.27. The lowest BCUT2D eigenvalue weighted by molar-refractivity contribution is 0.0696. The Bertz CT molecular complexity index is 1570. The van der Waals surface area contributed by atoms with Gasteiger partial charge >= 0.3 is 5.97 Å². The molecule has 0 aliphatic rings. The van der Waals surface area contributed by atoms with Crippen LogP contribution in [0.2, 0.25) is 5.15 Å². The smallest absolute Gasteiger partial charge is 0.335 e. The minimum absolute atomic E-state index is 0.00923. The first-order chi connectivity index (χ1) is 20.4. The molecule has 2 heterocycles. The Morgan fingerprint density at radius 1 is 1.05 bits per heavy atom. The maximum absolute atomic E-state index is 11.4. The largest absolute Gasteiger partial charge is 0.478 e. The van der Waals surface area contributed by atoms with Crippen LogP contribution in [0.5, 0.6) is 5.88 Å². The molecule has 0 saturated heterocycles. The fourth-order valence-corrected chi connectivity index (χ4v) is 5.39. The molecule has 4 rings (SSSR count). The molecule has 0 bridgehead atoms. The highest BCUT2D eigenvalue weighted by Gasteiger charge is 2.21. The van der Waals surface area contributed by atoms with E-state index >= 15 is 0 Å².